The van der Waals surface area contributed by atoms with Gasteiger partial charge in [0.25, 0.3) is 0 Å². The fraction of sp³-hybridized carbons (Fsp3) is 1.00. The Morgan fingerprint density at radius 2 is 0.778 bits per heavy atom. The molecule has 4 N–H and O–H groups in total. The van der Waals surface area contributed by atoms with Gasteiger partial charge in [-0.15, -0.1) is 0 Å². The Balaban J connectivity index is 5.43. The Morgan fingerprint density at radius 3 is 0.944 bits per heavy atom. The lowest BCUT2D eigenvalue weighted by Gasteiger charge is -2.36. The molecule has 0 aromatic rings. The van der Waals surface area contributed by atoms with Gasteiger partial charge in [0.2, 0.25) is 0 Å². The Labute approximate surface area is 97.3 Å². The fourth-order valence-electron chi connectivity index (χ4n) is 1.14. The fourth-order valence-corrected chi connectivity index (χ4v) is 1.14. The largest absolute Gasteiger partial charge is 0.378 e. The van der Waals surface area contributed by atoms with Crippen LogP contribution < -0.4 is 11.5 Å². The highest BCUT2D eigenvalue weighted by atomic mass is 19.4. The zero-order valence-electron chi connectivity index (χ0n) is 9.01. The van der Waals surface area contributed by atoms with E-state index in [1.165, 1.54) is 0 Å². The monoisotopic (exact) mass is 288 g/mol. The highest BCUT2D eigenvalue weighted by Gasteiger charge is 2.79. The molecule has 0 rings (SSSR count). The summed E-state index contributed by atoms with van der Waals surface area (Å²) in [5, 5.41) is 0. The molecule has 0 bridgehead atoms. The molecule has 0 spiro atoms. The molecule has 0 saturated carbocycles. The van der Waals surface area contributed by atoms with Crippen LogP contribution >= 0.6 is 0 Å². The summed E-state index contributed by atoms with van der Waals surface area (Å²) in [5.41, 5.74) is 9.11. The van der Waals surface area contributed by atoms with Crippen LogP contribution in [0.2, 0.25) is 0 Å². The molecule has 2 nitrogen and oxygen atoms in total. The van der Waals surface area contributed by atoms with Crippen molar-refractivity contribution in [3.63, 3.8) is 0 Å². The lowest BCUT2D eigenvalue weighted by atomic mass is 9.95. The molecule has 0 aromatic carbocycles. The SMILES string of the molecule is NCCC(F)(F)C(F)(F)C(F)(F)C(F)(F)CCN. The van der Waals surface area contributed by atoms with E-state index in [9.17, 15) is 35.1 Å². The first-order valence-electron chi connectivity index (χ1n) is 4.79. The molecule has 0 aliphatic heterocycles. The van der Waals surface area contributed by atoms with Crippen molar-refractivity contribution in [2.75, 3.05) is 13.1 Å². The number of alkyl halides is 8. The molecule has 10 heteroatoms. The first-order valence-corrected chi connectivity index (χ1v) is 4.79. The van der Waals surface area contributed by atoms with E-state index in [4.69, 9.17) is 0 Å². The third-order valence-corrected chi connectivity index (χ3v) is 2.23. The van der Waals surface area contributed by atoms with Crippen LogP contribution in [0.25, 0.3) is 0 Å². The first kappa shape index (κ1) is 17.4. The first-order chi connectivity index (χ1) is 7.87. The van der Waals surface area contributed by atoms with E-state index >= 15 is 0 Å². The Bertz CT molecular complexity index is 250. The van der Waals surface area contributed by atoms with Gasteiger partial charge in [-0.25, -0.2) is 0 Å². The summed E-state index contributed by atoms with van der Waals surface area (Å²) >= 11 is 0. The molecule has 0 aromatic heterocycles. The second kappa shape index (κ2) is 5.16. The molecule has 0 radical (unpaired) electrons. The maximum Gasteiger partial charge on any atom is 0.378 e. The van der Waals surface area contributed by atoms with E-state index in [1.807, 2.05) is 0 Å². The highest BCUT2D eigenvalue weighted by Crippen LogP contribution is 2.54. The zero-order valence-corrected chi connectivity index (χ0v) is 9.01. The van der Waals surface area contributed by atoms with E-state index in [0.29, 0.717) is 0 Å². The van der Waals surface area contributed by atoms with Crippen LogP contribution in [0.3, 0.4) is 0 Å². The van der Waals surface area contributed by atoms with Gasteiger partial charge in [-0.05, 0) is 13.1 Å². The predicted octanol–water partition coefficient (Wildman–Crippen LogP) is 2.23. The normalized spacial score (nSPS) is 15.0. The van der Waals surface area contributed by atoms with E-state index in [-0.39, 0.29) is 0 Å². The van der Waals surface area contributed by atoms with Crippen molar-refractivity contribution in [2.24, 2.45) is 11.5 Å². The Kier molecular flexibility index (Phi) is 4.97. The summed E-state index contributed by atoms with van der Waals surface area (Å²) in [6.07, 6.45) is -3.68. The van der Waals surface area contributed by atoms with Crippen molar-refractivity contribution >= 4 is 0 Å². The third kappa shape index (κ3) is 2.68. The van der Waals surface area contributed by atoms with Gasteiger partial charge in [-0.1, -0.05) is 0 Å². The minimum absolute atomic E-state index is 1.05. The van der Waals surface area contributed by atoms with Crippen LogP contribution in [-0.2, 0) is 0 Å². The maximum absolute atomic E-state index is 12.9. The molecule has 0 atom stereocenters. The minimum Gasteiger partial charge on any atom is -0.330 e. The average molecular weight is 288 g/mol. The maximum atomic E-state index is 12.9. The molecule has 0 saturated heterocycles. The molecule has 110 valence electrons. The van der Waals surface area contributed by atoms with Crippen molar-refractivity contribution in [1.29, 1.82) is 0 Å². The molecule has 0 aliphatic rings. The highest BCUT2D eigenvalue weighted by molar-refractivity contribution is 5.03. The summed E-state index contributed by atoms with van der Waals surface area (Å²) in [5.74, 6) is -23.1. The standard InChI is InChI=1S/C8H12F8N2/c9-5(10,1-3-17)7(13,14)8(15,16)6(11,12)2-4-18/h1-4,17-18H2. The van der Waals surface area contributed by atoms with Gasteiger partial charge in [0.05, 0.1) is 0 Å². The molecule has 18 heavy (non-hydrogen) atoms. The van der Waals surface area contributed by atoms with Gasteiger partial charge in [-0.2, -0.15) is 35.1 Å². The quantitative estimate of drug-likeness (QED) is 0.706. The molecule has 0 amide bonds. The van der Waals surface area contributed by atoms with Gasteiger partial charge in [0.15, 0.2) is 0 Å². The van der Waals surface area contributed by atoms with Crippen molar-refractivity contribution in [2.45, 2.75) is 36.5 Å². The van der Waals surface area contributed by atoms with Crippen LogP contribution in [0.4, 0.5) is 35.1 Å². The number of rotatable bonds is 7. The predicted molar refractivity (Wildman–Crippen MR) is 47.1 cm³/mol. The molecule has 0 fully saturated rings. The van der Waals surface area contributed by atoms with Crippen LogP contribution in [0, 0.1) is 0 Å². The van der Waals surface area contributed by atoms with Crippen molar-refractivity contribution in [3.8, 4) is 0 Å². The summed E-state index contributed by atoms with van der Waals surface area (Å²) < 4.78 is 103. The van der Waals surface area contributed by atoms with Crippen LogP contribution in [-0.4, -0.2) is 36.8 Å². The second-order valence-corrected chi connectivity index (χ2v) is 3.64. The van der Waals surface area contributed by atoms with Gasteiger partial charge in [0.1, 0.15) is 0 Å². The molecule has 0 aliphatic carbocycles. The van der Waals surface area contributed by atoms with Crippen molar-refractivity contribution in [1.82, 2.24) is 0 Å². The van der Waals surface area contributed by atoms with Gasteiger partial charge < -0.3 is 11.5 Å². The van der Waals surface area contributed by atoms with Crippen LogP contribution in [0.5, 0.6) is 0 Å². The van der Waals surface area contributed by atoms with Gasteiger partial charge in [0, 0.05) is 12.8 Å². The van der Waals surface area contributed by atoms with Crippen LogP contribution in [0.15, 0.2) is 0 Å². The molecule has 0 heterocycles. The average Bonchev–Trinajstić information content (AvgIpc) is 2.16. The number of hydrogen-bond acceptors (Lipinski definition) is 2. The van der Waals surface area contributed by atoms with E-state index in [1.54, 1.807) is 0 Å². The van der Waals surface area contributed by atoms with Gasteiger partial charge in [-0.3, -0.25) is 0 Å². The lowest BCUT2D eigenvalue weighted by Crippen LogP contribution is -2.62. The van der Waals surface area contributed by atoms with Crippen LogP contribution in [0.1, 0.15) is 12.8 Å². The van der Waals surface area contributed by atoms with E-state index < -0.39 is 49.6 Å². The Morgan fingerprint density at radius 1 is 0.556 bits per heavy atom. The smallest absolute Gasteiger partial charge is 0.330 e. The van der Waals surface area contributed by atoms with E-state index in [0.717, 1.165) is 0 Å². The summed E-state index contributed by atoms with van der Waals surface area (Å²) in [7, 11) is 0. The lowest BCUT2D eigenvalue weighted by molar-refractivity contribution is -0.367. The van der Waals surface area contributed by atoms with Gasteiger partial charge >= 0.3 is 23.7 Å². The molecular weight excluding hydrogens is 276 g/mol. The third-order valence-electron chi connectivity index (χ3n) is 2.23. The molecular formula is C8H12F8N2. The summed E-state index contributed by atoms with van der Waals surface area (Å²) in [4.78, 5) is 0. The minimum atomic E-state index is -6.22. The number of nitrogens with two attached hydrogens (primary N) is 2. The van der Waals surface area contributed by atoms with Crippen molar-refractivity contribution in [3.05, 3.63) is 0 Å². The Hall–Kier alpha value is -0.640. The van der Waals surface area contributed by atoms with Crippen molar-refractivity contribution < 1.29 is 35.1 Å². The molecule has 0 unspecified atom stereocenters. The zero-order chi connectivity index (χ0) is 14.8. The summed E-state index contributed by atoms with van der Waals surface area (Å²) in [6.45, 7) is -2.11. The topological polar surface area (TPSA) is 52.0 Å². The second-order valence-electron chi connectivity index (χ2n) is 3.64. The summed E-state index contributed by atoms with van der Waals surface area (Å²) in [6, 6.07) is 0. The number of hydrogen-bond donors (Lipinski definition) is 2. The van der Waals surface area contributed by atoms with E-state index in [2.05, 4.69) is 11.5 Å². The number of halogens is 8.